The Balaban J connectivity index is 1.44. The number of rotatable bonds is 7. The minimum atomic E-state index is -0.730. The van der Waals surface area contributed by atoms with Crippen LogP contribution in [0.4, 0.5) is 0 Å². The predicted octanol–water partition coefficient (Wildman–Crippen LogP) is 6.20. The molecular formula is C28H46O4S. The summed E-state index contributed by atoms with van der Waals surface area (Å²) in [4.78, 5) is 24.4. The lowest BCUT2D eigenvalue weighted by Gasteiger charge is -2.61. The number of thioether (sulfide) groups is 1. The lowest BCUT2D eigenvalue weighted by Crippen LogP contribution is -2.54. The van der Waals surface area contributed by atoms with E-state index in [1.54, 1.807) is 0 Å². The van der Waals surface area contributed by atoms with Crippen LogP contribution in [0.2, 0.25) is 0 Å². The zero-order chi connectivity index (χ0) is 24.2. The van der Waals surface area contributed by atoms with E-state index in [9.17, 15) is 19.8 Å². The first-order valence-corrected chi connectivity index (χ1v) is 14.3. The largest absolute Gasteiger partial charge is 0.480 e. The fourth-order valence-electron chi connectivity index (χ4n) is 9.15. The highest BCUT2D eigenvalue weighted by molar-refractivity contribution is 8.01. The van der Waals surface area contributed by atoms with Crippen molar-refractivity contribution in [3.8, 4) is 0 Å². The van der Waals surface area contributed by atoms with Gasteiger partial charge < -0.3 is 10.2 Å². The minimum absolute atomic E-state index is 0.000446. The maximum Gasteiger partial charge on any atom is 0.316 e. The van der Waals surface area contributed by atoms with Gasteiger partial charge in [0.15, 0.2) is 0 Å². The van der Waals surface area contributed by atoms with Crippen molar-refractivity contribution in [2.45, 2.75) is 109 Å². The molecule has 0 saturated heterocycles. The Labute approximate surface area is 205 Å². The van der Waals surface area contributed by atoms with Crippen molar-refractivity contribution in [1.82, 2.24) is 0 Å². The van der Waals surface area contributed by atoms with Gasteiger partial charge in [-0.25, -0.2) is 0 Å². The van der Waals surface area contributed by atoms with E-state index in [1.807, 2.05) is 20.8 Å². The number of Topliss-reactive ketones (excluding diaryl/α,β-unsaturated/α-hetero) is 1. The van der Waals surface area contributed by atoms with E-state index in [2.05, 4.69) is 13.8 Å². The summed E-state index contributed by atoms with van der Waals surface area (Å²) in [6.07, 6.45) is 11.7. The number of carbonyl (C=O) groups is 2. The van der Waals surface area contributed by atoms with Crippen LogP contribution >= 0.6 is 11.8 Å². The van der Waals surface area contributed by atoms with Crippen LogP contribution in [0.25, 0.3) is 0 Å². The molecule has 1 unspecified atom stereocenters. The number of hydrogen-bond donors (Lipinski definition) is 2. The van der Waals surface area contributed by atoms with Crippen LogP contribution in [0.15, 0.2) is 0 Å². The van der Waals surface area contributed by atoms with Gasteiger partial charge >= 0.3 is 5.97 Å². The highest BCUT2D eigenvalue weighted by atomic mass is 32.2. The molecule has 33 heavy (non-hydrogen) atoms. The molecule has 0 aromatic heterocycles. The molecule has 0 radical (unpaired) electrons. The number of carboxylic acids is 1. The summed E-state index contributed by atoms with van der Waals surface area (Å²) < 4.78 is -0.419. The molecule has 4 nitrogen and oxygen atoms in total. The second-order valence-electron chi connectivity index (χ2n) is 13.2. The van der Waals surface area contributed by atoms with Gasteiger partial charge in [0.05, 0.1) is 6.61 Å². The molecule has 9 atom stereocenters. The molecule has 2 N–H and O–H groups in total. The van der Waals surface area contributed by atoms with E-state index in [1.165, 1.54) is 56.7 Å². The third kappa shape index (κ3) is 4.55. The minimum Gasteiger partial charge on any atom is -0.480 e. The number of ketones is 1. The van der Waals surface area contributed by atoms with Gasteiger partial charge in [0.1, 0.15) is 11.0 Å². The Hall–Kier alpha value is -0.550. The lowest BCUT2D eigenvalue weighted by atomic mass is 9.44. The van der Waals surface area contributed by atoms with E-state index in [4.69, 9.17) is 0 Å². The summed E-state index contributed by atoms with van der Waals surface area (Å²) in [5.41, 5.74) is 0.601. The average molecular weight is 479 g/mol. The van der Waals surface area contributed by atoms with Gasteiger partial charge in [-0.1, -0.05) is 13.8 Å². The Morgan fingerprint density at radius 1 is 1.00 bits per heavy atom. The first kappa shape index (κ1) is 25.5. The lowest BCUT2D eigenvalue weighted by molar-refractivity contribution is -0.138. The van der Waals surface area contributed by atoms with E-state index in [0.717, 1.165) is 31.1 Å². The summed E-state index contributed by atoms with van der Waals surface area (Å²) in [6, 6.07) is 0. The average Bonchev–Trinajstić information content (AvgIpc) is 3.10. The van der Waals surface area contributed by atoms with Crippen LogP contribution in [0.3, 0.4) is 0 Å². The molecule has 0 spiro atoms. The Kier molecular flexibility index (Phi) is 7.08. The normalized spacial score (nSPS) is 43.8. The smallest absolute Gasteiger partial charge is 0.316 e. The van der Waals surface area contributed by atoms with Crippen LogP contribution in [-0.4, -0.2) is 38.6 Å². The summed E-state index contributed by atoms with van der Waals surface area (Å²) in [5, 5.41) is 19.0. The fraction of sp³-hybridized carbons (Fsp3) is 0.929. The van der Waals surface area contributed by atoms with Gasteiger partial charge in [-0.15, -0.1) is 11.8 Å². The van der Waals surface area contributed by atoms with Crippen molar-refractivity contribution < 1.29 is 19.8 Å². The van der Waals surface area contributed by atoms with Gasteiger partial charge in [-0.2, -0.15) is 0 Å². The van der Waals surface area contributed by atoms with Crippen LogP contribution in [0.5, 0.6) is 0 Å². The number of aliphatic hydroxyl groups excluding tert-OH is 1. The fourth-order valence-corrected chi connectivity index (χ4v) is 10.5. The van der Waals surface area contributed by atoms with Crippen LogP contribution in [0, 0.1) is 46.3 Å². The maximum atomic E-state index is 12.4. The second kappa shape index (κ2) is 9.15. The van der Waals surface area contributed by atoms with E-state index >= 15 is 0 Å². The highest BCUT2D eigenvalue weighted by Crippen LogP contribution is 2.68. The number of carbonyl (C=O) groups excluding carboxylic acids is 1. The molecule has 4 aliphatic carbocycles. The molecule has 0 amide bonds. The number of hydrogen-bond acceptors (Lipinski definition) is 4. The summed E-state index contributed by atoms with van der Waals surface area (Å²) in [6.45, 7) is 10.7. The Morgan fingerprint density at radius 3 is 2.30 bits per heavy atom. The molecule has 188 valence electrons. The number of aliphatic carboxylic acids is 1. The topological polar surface area (TPSA) is 74.6 Å². The molecule has 4 aliphatic rings. The monoisotopic (exact) mass is 478 g/mol. The van der Waals surface area contributed by atoms with Crippen molar-refractivity contribution in [2.24, 2.45) is 46.3 Å². The van der Waals surface area contributed by atoms with E-state index in [-0.39, 0.29) is 17.9 Å². The van der Waals surface area contributed by atoms with E-state index < -0.39 is 16.0 Å². The highest BCUT2D eigenvalue weighted by Gasteiger charge is 2.60. The summed E-state index contributed by atoms with van der Waals surface area (Å²) in [7, 11) is 0. The first-order chi connectivity index (χ1) is 15.4. The zero-order valence-electron chi connectivity index (χ0n) is 21.4. The molecule has 0 aromatic rings. The van der Waals surface area contributed by atoms with E-state index in [0.29, 0.717) is 29.0 Å². The second-order valence-corrected chi connectivity index (χ2v) is 15.1. The Bertz CT molecular complexity index is 765. The summed E-state index contributed by atoms with van der Waals surface area (Å²) >= 11 is 1.43. The van der Waals surface area contributed by atoms with Gasteiger partial charge in [-0.3, -0.25) is 9.59 Å². The van der Waals surface area contributed by atoms with Gasteiger partial charge in [0.2, 0.25) is 0 Å². The zero-order valence-corrected chi connectivity index (χ0v) is 22.3. The number of fused-ring (bicyclic) bond motifs is 5. The van der Waals surface area contributed by atoms with Crippen molar-refractivity contribution in [2.75, 3.05) is 6.61 Å². The van der Waals surface area contributed by atoms with Crippen molar-refractivity contribution in [3.05, 3.63) is 0 Å². The SMILES string of the molecule is CC(=O)[C@H]1CC[C@H]2[C@@H]3CC[C@H]4C[C@@H](CC(SC(C)(C)CO)C(=O)O)CC[C@]4(C)[C@H]3CC[C@]12C. The number of carboxylic acid groups (broad SMARTS) is 1. The molecule has 0 heterocycles. The molecule has 0 aromatic carbocycles. The third-order valence-corrected chi connectivity index (χ3v) is 12.4. The number of aliphatic hydroxyl groups is 1. The maximum absolute atomic E-state index is 12.4. The molecule has 4 saturated carbocycles. The van der Waals surface area contributed by atoms with Crippen molar-refractivity contribution in [3.63, 3.8) is 0 Å². The van der Waals surface area contributed by atoms with Crippen molar-refractivity contribution >= 4 is 23.5 Å². The van der Waals surface area contributed by atoms with Crippen LogP contribution < -0.4 is 0 Å². The van der Waals surface area contributed by atoms with Gasteiger partial charge in [0.25, 0.3) is 0 Å². The standard InChI is InChI=1S/C28H46O4S/c1-17(30)21-8-9-22-20-7-6-19-14-18(15-24(25(31)32)33-26(2,3)16-29)10-12-27(19,4)23(20)11-13-28(21,22)5/h18-24,29H,6-16H2,1-5H3,(H,31,32)/t18-,19-,20-,21+,22-,23-,24?,27-,28+/m0/s1. The third-order valence-electron chi connectivity index (χ3n) is 10.9. The molecular weight excluding hydrogens is 432 g/mol. The predicted molar refractivity (Wildman–Crippen MR) is 134 cm³/mol. The van der Waals surface area contributed by atoms with Crippen molar-refractivity contribution in [1.29, 1.82) is 0 Å². The Morgan fingerprint density at radius 2 is 1.67 bits per heavy atom. The molecule has 4 fully saturated rings. The molecule has 0 aliphatic heterocycles. The quantitative estimate of drug-likeness (QED) is 0.456. The van der Waals surface area contributed by atoms with Crippen LogP contribution in [0.1, 0.15) is 98.8 Å². The van der Waals surface area contributed by atoms with Crippen LogP contribution in [-0.2, 0) is 9.59 Å². The molecule has 5 heteroatoms. The first-order valence-electron chi connectivity index (χ1n) is 13.4. The van der Waals surface area contributed by atoms with Gasteiger partial charge in [-0.05, 0) is 125 Å². The molecule has 0 bridgehead atoms. The molecule has 4 rings (SSSR count). The van der Waals surface area contributed by atoms with Gasteiger partial charge in [0, 0.05) is 10.7 Å². The summed E-state index contributed by atoms with van der Waals surface area (Å²) in [5.74, 6) is 3.41.